The van der Waals surface area contributed by atoms with Crippen LogP contribution in [0.3, 0.4) is 0 Å². The van der Waals surface area contributed by atoms with Crippen molar-refractivity contribution >= 4 is 5.91 Å². The number of aromatic amines is 1. The van der Waals surface area contributed by atoms with Crippen LogP contribution < -0.4 is 5.56 Å². The van der Waals surface area contributed by atoms with Gasteiger partial charge in [-0.3, -0.25) is 14.5 Å². The molecule has 6 nitrogen and oxygen atoms in total. The number of halogens is 1. The van der Waals surface area contributed by atoms with E-state index < -0.39 is 0 Å². The monoisotopic (exact) mass is 438 g/mol. The predicted molar refractivity (Wildman–Crippen MR) is 120 cm³/mol. The second-order valence-electron chi connectivity index (χ2n) is 9.67. The Balaban J connectivity index is 1.35. The molecular weight excluding hydrogens is 407 g/mol. The predicted octanol–water partition coefficient (Wildman–Crippen LogP) is 3.82. The lowest BCUT2D eigenvalue weighted by molar-refractivity contribution is 0.0729. The maximum Gasteiger partial charge on any atom is 0.255 e. The van der Waals surface area contributed by atoms with Gasteiger partial charge in [0, 0.05) is 37.7 Å². The van der Waals surface area contributed by atoms with Gasteiger partial charge in [0.15, 0.2) is 0 Å². The van der Waals surface area contributed by atoms with E-state index >= 15 is 0 Å². The highest BCUT2D eigenvalue weighted by Gasteiger charge is 2.34. The van der Waals surface area contributed by atoms with Crippen LogP contribution in [0.1, 0.15) is 78.9 Å². The van der Waals surface area contributed by atoms with E-state index in [1.165, 1.54) is 49.9 Å². The number of hydrogen-bond donors (Lipinski definition) is 1. The minimum Gasteiger partial charge on any atom is -0.328 e. The van der Waals surface area contributed by atoms with Gasteiger partial charge in [-0.05, 0) is 68.7 Å². The smallest absolute Gasteiger partial charge is 0.255 e. The molecule has 0 spiro atoms. The molecule has 2 aromatic rings. The molecule has 32 heavy (non-hydrogen) atoms. The van der Waals surface area contributed by atoms with Crippen LogP contribution in [-0.2, 0) is 13.0 Å². The molecule has 1 atom stereocenters. The Bertz CT molecular complexity index is 1040. The largest absolute Gasteiger partial charge is 0.328 e. The molecule has 1 N–H and O–H groups in total. The Labute approximate surface area is 187 Å². The lowest BCUT2D eigenvalue weighted by Crippen LogP contribution is -2.44. The van der Waals surface area contributed by atoms with E-state index in [2.05, 4.69) is 16.8 Å². The minimum absolute atomic E-state index is 0.0695. The SMILES string of the molecule is CC1CCC(N2CCc3nc([C@@H]4CCCN4C(=O)c4ccc(F)cc4)[nH]c(=O)c3C2)CC1. The van der Waals surface area contributed by atoms with Crippen molar-refractivity contribution in [3.8, 4) is 0 Å². The quantitative estimate of drug-likeness (QED) is 0.791. The van der Waals surface area contributed by atoms with E-state index in [0.29, 0.717) is 30.5 Å². The standard InChI is InChI=1S/C25H31FN4O2/c1-16-4-10-19(11-5-16)29-14-12-21-20(15-29)24(31)28-23(27-21)22-3-2-13-30(22)25(32)17-6-8-18(26)9-7-17/h6-9,16,19,22H,2-5,10-15H2,1H3,(H,27,28,31)/t16?,19?,22-/m0/s1. The molecule has 7 heteroatoms. The first-order valence-electron chi connectivity index (χ1n) is 11.9. The Morgan fingerprint density at radius 3 is 2.59 bits per heavy atom. The van der Waals surface area contributed by atoms with E-state index in [1.54, 1.807) is 4.90 Å². The number of rotatable bonds is 3. The molecule has 0 bridgehead atoms. The number of likely N-dealkylation sites (tertiary alicyclic amines) is 1. The molecular formula is C25H31FN4O2. The van der Waals surface area contributed by atoms with Crippen LogP contribution >= 0.6 is 0 Å². The number of nitrogens with one attached hydrogen (secondary N) is 1. The first-order chi connectivity index (χ1) is 15.5. The fourth-order valence-corrected chi connectivity index (χ4v) is 5.59. The fraction of sp³-hybridized carbons (Fsp3) is 0.560. The second-order valence-corrected chi connectivity index (χ2v) is 9.67. The van der Waals surface area contributed by atoms with E-state index in [9.17, 15) is 14.0 Å². The van der Waals surface area contributed by atoms with Gasteiger partial charge < -0.3 is 9.88 Å². The average molecular weight is 439 g/mol. The van der Waals surface area contributed by atoms with Gasteiger partial charge in [0.1, 0.15) is 11.6 Å². The number of hydrogen-bond acceptors (Lipinski definition) is 4. The third kappa shape index (κ3) is 4.10. The van der Waals surface area contributed by atoms with Crippen LogP contribution in [0.5, 0.6) is 0 Å². The van der Waals surface area contributed by atoms with Crippen molar-refractivity contribution < 1.29 is 9.18 Å². The molecule has 2 fully saturated rings. The number of benzene rings is 1. The third-order valence-corrected chi connectivity index (χ3v) is 7.54. The average Bonchev–Trinajstić information content (AvgIpc) is 3.29. The summed E-state index contributed by atoms with van der Waals surface area (Å²) < 4.78 is 13.3. The van der Waals surface area contributed by atoms with E-state index in [1.807, 2.05) is 0 Å². The van der Waals surface area contributed by atoms with Gasteiger partial charge >= 0.3 is 0 Å². The lowest BCUT2D eigenvalue weighted by atomic mass is 9.86. The topological polar surface area (TPSA) is 69.3 Å². The van der Waals surface area contributed by atoms with Gasteiger partial charge in [-0.1, -0.05) is 6.92 Å². The molecule has 1 saturated heterocycles. The van der Waals surface area contributed by atoms with Gasteiger partial charge in [-0.2, -0.15) is 0 Å². The van der Waals surface area contributed by atoms with Crippen LogP contribution in [0.15, 0.2) is 29.1 Å². The number of carbonyl (C=O) groups excluding carboxylic acids is 1. The highest BCUT2D eigenvalue weighted by atomic mass is 19.1. The molecule has 5 rings (SSSR count). The van der Waals surface area contributed by atoms with Crippen LogP contribution in [0.25, 0.3) is 0 Å². The first-order valence-corrected chi connectivity index (χ1v) is 11.9. The zero-order valence-corrected chi connectivity index (χ0v) is 18.6. The van der Waals surface area contributed by atoms with Crippen molar-refractivity contribution in [2.75, 3.05) is 13.1 Å². The number of H-pyrrole nitrogens is 1. The maximum absolute atomic E-state index is 13.3. The number of nitrogens with zero attached hydrogens (tertiary/aromatic N) is 3. The molecule has 3 heterocycles. The minimum atomic E-state index is -0.364. The van der Waals surface area contributed by atoms with Gasteiger partial charge in [0.2, 0.25) is 0 Å². The molecule has 3 aliphatic rings. The van der Waals surface area contributed by atoms with Gasteiger partial charge in [-0.15, -0.1) is 0 Å². The molecule has 1 aliphatic carbocycles. The molecule has 0 radical (unpaired) electrons. The van der Waals surface area contributed by atoms with Crippen molar-refractivity contribution in [3.63, 3.8) is 0 Å². The maximum atomic E-state index is 13.3. The molecule has 2 aliphatic heterocycles. The van der Waals surface area contributed by atoms with Crippen molar-refractivity contribution in [1.29, 1.82) is 0 Å². The highest BCUT2D eigenvalue weighted by Crippen LogP contribution is 2.33. The first kappa shape index (κ1) is 21.3. The van der Waals surface area contributed by atoms with Crippen molar-refractivity contribution in [2.45, 2.75) is 70.5 Å². The van der Waals surface area contributed by atoms with Gasteiger partial charge in [0.25, 0.3) is 11.5 Å². The second kappa shape index (κ2) is 8.77. The van der Waals surface area contributed by atoms with Crippen LogP contribution in [-0.4, -0.2) is 44.8 Å². The Morgan fingerprint density at radius 2 is 1.84 bits per heavy atom. The zero-order valence-electron chi connectivity index (χ0n) is 18.6. The lowest BCUT2D eigenvalue weighted by Gasteiger charge is -2.38. The number of fused-ring (bicyclic) bond motifs is 1. The normalized spacial score (nSPS) is 26.2. The van der Waals surface area contributed by atoms with Crippen molar-refractivity contribution in [3.05, 3.63) is 63.1 Å². The Hall–Kier alpha value is -2.54. The van der Waals surface area contributed by atoms with Crippen LogP contribution in [0.4, 0.5) is 4.39 Å². The fourth-order valence-electron chi connectivity index (χ4n) is 5.59. The van der Waals surface area contributed by atoms with Crippen molar-refractivity contribution in [2.24, 2.45) is 5.92 Å². The summed E-state index contributed by atoms with van der Waals surface area (Å²) in [7, 11) is 0. The van der Waals surface area contributed by atoms with Gasteiger partial charge in [-0.25, -0.2) is 9.37 Å². The van der Waals surface area contributed by atoms with E-state index in [-0.39, 0.29) is 23.3 Å². The molecule has 1 aromatic carbocycles. The summed E-state index contributed by atoms with van der Waals surface area (Å²) >= 11 is 0. The number of aromatic nitrogens is 2. The third-order valence-electron chi connectivity index (χ3n) is 7.54. The summed E-state index contributed by atoms with van der Waals surface area (Å²) in [6.45, 7) is 4.53. The Morgan fingerprint density at radius 1 is 1.09 bits per heavy atom. The molecule has 1 aromatic heterocycles. The van der Waals surface area contributed by atoms with Crippen molar-refractivity contribution in [1.82, 2.24) is 19.8 Å². The molecule has 170 valence electrons. The summed E-state index contributed by atoms with van der Waals surface area (Å²) in [6, 6.07) is 5.94. The van der Waals surface area contributed by atoms with E-state index in [0.717, 1.165) is 43.0 Å². The molecule has 1 saturated carbocycles. The summed E-state index contributed by atoms with van der Waals surface area (Å²) in [5.74, 6) is 0.882. The van der Waals surface area contributed by atoms with Gasteiger partial charge in [0.05, 0.1) is 17.3 Å². The summed E-state index contributed by atoms with van der Waals surface area (Å²) in [5.41, 5.74) is 2.05. The zero-order chi connectivity index (χ0) is 22.2. The number of carbonyl (C=O) groups is 1. The molecule has 1 amide bonds. The summed E-state index contributed by atoms with van der Waals surface area (Å²) in [6.07, 6.45) is 7.34. The molecule has 0 unspecified atom stereocenters. The summed E-state index contributed by atoms with van der Waals surface area (Å²) in [5, 5.41) is 0. The Kier molecular flexibility index (Phi) is 5.84. The highest BCUT2D eigenvalue weighted by molar-refractivity contribution is 5.94. The van der Waals surface area contributed by atoms with Crippen LogP contribution in [0, 0.1) is 11.7 Å². The van der Waals surface area contributed by atoms with E-state index in [4.69, 9.17) is 4.98 Å². The number of amides is 1. The van der Waals surface area contributed by atoms with Crippen LogP contribution in [0.2, 0.25) is 0 Å². The summed E-state index contributed by atoms with van der Waals surface area (Å²) in [4.78, 5) is 38.2.